The van der Waals surface area contributed by atoms with Gasteiger partial charge in [-0.05, 0) is 30.7 Å². The molecule has 1 unspecified atom stereocenters. The van der Waals surface area contributed by atoms with Crippen molar-refractivity contribution in [1.29, 1.82) is 0 Å². The lowest BCUT2D eigenvalue weighted by Crippen LogP contribution is -1.94. The predicted molar refractivity (Wildman–Crippen MR) is 63.5 cm³/mol. The molecule has 0 aliphatic carbocycles. The zero-order valence-electron chi connectivity index (χ0n) is 9.24. The van der Waals surface area contributed by atoms with Gasteiger partial charge in [-0.1, -0.05) is 56.3 Å². The average Bonchev–Trinajstić information content (AvgIpc) is 2.26. The second kappa shape index (κ2) is 6.42. The third-order valence-electron chi connectivity index (χ3n) is 2.59. The molecule has 0 aromatic heterocycles. The van der Waals surface area contributed by atoms with Gasteiger partial charge in [-0.2, -0.15) is 0 Å². The van der Waals surface area contributed by atoms with E-state index in [0.717, 1.165) is 6.42 Å². The summed E-state index contributed by atoms with van der Waals surface area (Å²) >= 11 is 0. The monoisotopic (exact) mass is 188 g/mol. The van der Waals surface area contributed by atoms with Crippen molar-refractivity contribution < 1.29 is 0 Å². The minimum Gasteiger partial charge on any atom is -0.0888 e. The van der Waals surface area contributed by atoms with E-state index in [1.165, 1.54) is 18.4 Å². The summed E-state index contributed by atoms with van der Waals surface area (Å²) in [7, 11) is 0. The van der Waals surface area contributed by atoms with Crippen LogP contribution in [0.2, 0.25) is 0 Å². The number of benzene rings is 1. The Balaban J connectivity index is 2.58. The highest BCUT2D eigenvalue weighted by Gasteiger charge is 2.05. The van der Waals surface area contributed by atoms with E-state index in [1.807, 2.05) is 0 Å². The van der Waals surface area contributed by atoms with Crippen LogP contribution >= 0.6 is 0 Å². The van der Waals surface area contributed by atoms with Crippen LogP contribution in [0.3, 0.4) is 0 Å². The van der Waals surface area contributed by atoms with Crippen LogP contribution in [-0.4, -0.2) is 0 Å². The standard InChI is InChI=1S/C14H20/c1-3-5-7-10-13(4-2)14-11-8-6-9-12-14/h5-9,11-13H,3-4,10H2,1-2H3. The first-order valence-electron chi connectivity index (χ1n) is 5.58. The average molecular weight is 188 g/mol. The summed E-state index contributed by atoms with van der Waals surface area (Å²) in [5, 5.41) is 0. The largest absolute Gasteiger partial charge is 0.0888 e. The van der Waals surface area contributed by atoms with Crippen molar-refractivity contribution in [1.82, 2.24) is 0 Å². The molecule has 0 amide bonds. The molecular weight excluding hydrogens is 168 g/mol. The third-order valence-corrected chi connectivity index (χ3v) is 2.59. The molecule has 0 radical (unpaired) electrons. The molecule has 1 atom stereocenters. The molecule has 1 aromatic carbocycles. The number of rotatable bonds is 5. The normalized spacial score (nSPS) is 13.3. The molecule has 0 heterocycles. The fourth-order valence-electron chi connectivity index (χ4n) is 1.69. The minimum absolute atomic E-state index is 0.694. The van der Waals surface area contributed by atoms with Gasteiger partial charge in [-0.3, -0.25) is 0 Å². The highest BCUT2D eigenvalue weighted by atomic mass is 14.1. The summed E-state index contributed by atoms with van der Waals surface area (Å²) in [5.41, 5.74) is 1.47. The summed E-state index contributed by atoms with van der Waals surface area (Å²) in [4.78, 5) is 0. The van der Waals surface area contributed by atoms with Gasteiger partial charge < -0.3 is 0 Å². The second-order valence-corrected chi connectivity index (χ2v) is 3.63. The number of hydrogen-bond acceptors (Lipinski definition) is 0. The molecule has 0 bridgehead atoms. The smallest absolute Gasteiger partial charge is 0.0130 e. The van der Waals surface area contributed by atoms with Gasteiger partial charge in [0.2, 0.25) is 0 Å². The van der Waals surface area contributed by atoms with Gasteiger partial charge in [0.05, 0.1) is 0 Å². The number of hydrogen-bond donors (Lipinski definition) is 0. The maximum Gasteiger partial charge on any atom is -0.0130 e. The Labute approximate surface area is 87.7 Å². The molecule has 0 N–H and O–H groups in total. The Morgan fingerprint density at radius 3 is 2.36 bits per heavy atom. The van der Waals surface area contributed by atoms with Crippen molar-refractivity contribution in [3.05, 3.63) is 48.0 Å². The molecule has 14 heavy (non-hydrogen) atoms. The lowest BCUT2D eigenvalue weighted by Gasteiger charge is -2.12. The Hall–Kier alpha value is -1.04. The van der Waals surface area contributed by atoms with Gasteiger partial charge in [0, 0.05) is 0 Å². The quantitative estimate of drug-likeness (QED) is 0.595. The van der Waals surface area contributed by atoms with Crippen LogP contribution in [0.25, 0.3) is 0 Å². The zero-order valence-corrected chi connectivity index (χ0v) is 9.24. The summed E-state index contributed by atoms with van der Waals surface area (Å²) < 4.78 is 0. The highest BCUT2D eigenvalue weighted by molar-refractivity contribution is 5.20. The lowest BCUT2D eigenvalue weighted by atomic mass is 9.93. The van der Waals surface area contributed by atoms with Crippen LogP contribution < -0.4 is 0 Å². The molecule has 0 fully saturated rings. The summed E-state index contributed by atoms with van der Waals surface area (Å²) in [6.07, 6.45) is 8.10. The molecule has 0 heteroatoms. The van der Waals surface area contributed by atoms with Crippen LogP contribution in [0.15, 0.2) is 42.5 Å². The zero-order chi connectivity index (χ0) is 10.2. The van der Waals surface area contributed by atoms with E-state index < -0.39 is 0 Å². The van der Waals surface area contributed by atoms with Crippen molar-refractivity contribution in [2.75, 3.05) is 0 Å². The molecule has 0 aliphatic heterocycles. The van der Waals surface area contributed by atoms with Gasteiger partial charge in [0.15, 0.2) is 0 Å². The van der Waals surface area contributed by atoms with E-state index in [2.05, 4.69) is 56.3 Å². The van der Waals surface area contributed by atoms with E-state index in [-0.39, 0.29) is 0 Å². The fraction of sp³-hybridized carbons (Fsp3) is 0.429. The Morgan fingerprint density at radius 1 is 1.07 bits per heavy atom. The van der Waals surface area contributed by atoms with Crippen LogP contribution in [0.5, 0.6) is 0 Å². The molecule has 76 valence electrons. The van der Waals surface area contributed by atoms with Crippen molar-refractivity contribution >= 4 is 0 Å². The van der Waals surface area contributed by atoms with Gasteiger partial charge in [-0.25, -0.2) is 0 Å². The molecule has 0 saturated carbocycles. The van der Waals surface area contributed by atoms with E-state index in [4.69, 9.17) is 0 Å². The molecule has 1 aromatic rings. The first kappa shape index (κ1) is 11.0. The molecule has 0 spiro atoms. The maximum atomic E-state index is 2.31. The van der Waals surface area contributed by atoms with E-state index in [0.29, 0.717) is 5.92 Å². The van der Waals surface area contributed by atoms with E-state index >= 15 is 0 Å². The topological polar surface area (TPSA) is 0 Å². The molecule has 0 aliphatic rings. The summed E-state index contributed by atoms with van der Waals surface area (Å²) in [5.74, 6) is 0.694. The van der Waals surface area contributed by atoms with Gasteiger partial charge in [0.1, 0.15) is 0 Å². The lowest BCUT2D eigenvalue weighted by molar-refractivity contribution is 0.673. The van der Waals surface area contributed by atoms with E-state index in [1.54, 1.807) is 0 Å². The van der Waals surface area contributed by atoms with Crippen molar-refractivity contribution in [2.45, 2.75) is 39.0 Å². The van der Waals surface area contributed by atoms with Crippen LogP contribution in [-0.2, 0) is 0 Å². The Kier molecular flexibility index (Phi) is 5.06. The van der Waals surface area contributed by atoms with Crippen LogP contribution in [0, 0.1) is 0 Å². The Morgan fingerprint density at radius 2 is 1.79 bits per heavy atom. The molecular formula is C14H20. The summed E-state index contributed by atoms with van der Waals surface area (Å²) in [6.45, 7) is 4.44. The summed E-state index contributed by atoms with van der Waals surface area (Å²) in [6, 6.07) is 10.8. The molecule has 1 rings (SSSR count). The maximum absolute atomic E-state index is 2.31. The number of allylic oxidation sites excluding steroid dienone is 2. The second-order valence-electron chi connectivity index (χ2n) is 3.63. The Bertz CT molecular complexity index is 259. The molecule has 0 saturated heterocycles. The molecule has 0 nitrogen and oxygen atoms in total. The minimum atomic E-state index is 0.694. The van der Waals surface area contributed by atoms with Crippen molar-refractivity contribution in [2.24, 2.45) is 0 Å². The SMILES string of the molecule is CCC=CCC(CC)c1ccccc1. The van der Waals surface area contributed by atoms with Gasteiger partial charge in [-0.15, -0.1) is 0 Å². The van der Waals surface area contributed by atoms with Crippen LogP contribution in [0.4, 0.5) is 0 Å². The third kappa shape index (κ3) is 3.37. The fourth-order valence-corrected chi connectivity index (χ4v) is 1.69. The first-order valence-corrected chi connectivity index (χ1v) is 5.58. The first-order chi connectivity index (χ1) is 6.88. The van der Waals surface area contributed by atoms with Gasteiger partial charge in [0.25, 0.3) is 0 Å². The highest BCUT2D eigenvalue weighted by Crippen LogP contribution is 2.23. The van der Waals surface area contributed by atoms with Gasteiger partial charge >= 0.3 is 0 Å². The van der Waals surface area contributed by atoms with E-state index in [9.17, 15) is 0 Å². The predicted octanol–water partition coefficient (Wildman–Crippen LogP) is 4.54. The van der Waals surface area contributed by atoms with Crippen LogP contribution in [0.1, 0.15) is 44.6 Å². The van der Waals surface area contributed by atoms with Crippen molar-refractivity contribution in [3.8, 4) is 0 Å². The van der Waals surface area contributed by atoms with Crippen molar-refractivity contribution in [3.63, 3.8) is 0 Å².